The molecule has 1 atom stereocenters. The Labute approximate surface area is 152 Å². The highest BCUT2D eigenvalue weighted by atomic mass is 16.5. The number of hydrogen-bond acceptors (Lipinski definition) is 5. The molecule has 0 N–H and O–H groups in total. The van der Waals surface area contributed by atoms with Crippen molar-refractivity contribution in [3.05, 3.63) is 53.6 Å². The van der Waals surface area contributed by atoms with E-state index in [1.54, 1.807) is 23.1 Å². The second kappa shape index (κ2) is 7.47. The molecular weight excluding hydrogens is 334 g/mol. The molecule has 2 aromatic rings. The van der Waals surface area contributed by atoms with Crippen LogP contribution >= 0.6 is 0 Å². The minimum atomic E-state index is -0.601. The summed E-state index contributed by atoms with van der Waals surface area (Å²) in [5, 5.41) is 0. The van der Waals surface area contributed by atoms with Gasteiger partial charge in [-0.25, -0.2) is 4.79 Å². The highest BCUT2D eigenvalue weighted by Gasteiger charge is 2.31. The summed E-state index contributed by atoms with van der Waals surface area (Å²) in [5.74, 6) is 0.107. The van der Waals surface area contributed by atoms with Crippen LogP contribution < -0.4 is 14.4 Å². The Morgan fingerprint density at radius 1 is 1.08 bits per heavy atom. The number of benzene rings is 2. The van der Waals surface area contributed by atoms with Gasteiger partial charge in [-0.3, -0.25) is 4.79 Å². The number of methoxy groups -OCH3 is 2. The number of rotatable bonds is 5. The number of ether oxygens (including phenoxy) is 3. The van der Waals surface area contributed by atoms with E-state index in [9.17, 15) is 9.59 Å². The van der Waals surface area contributed by atoms with Gasteiger partial charge in [-0.05, 0) is 37.1 Å². The first kappa shape index (κ1) is 17.8. The van der Waals surface area contributed by atoms with Crippen LogP contribution in [0.5, 0.6) is 11.5 Å². The maximum Gasteiger partial charge on any atom is 0.338 e. The van der Waals surface area contributed by atoms with Gasteiger partial charge >= 0.3 is 5.97 Å². The Bertz CT molecular complexity index is 810. The monoisotopic (exact) mass is 355 g/mol. The largest absolute Gasteiger partial charge is 0.497 e. The van der Waals surface area contributed by atoms with Crippen LogP contribution in [0.25, 0.3) is 0 Å². The Morgan fingerprint density at radius 2 is 1.73 bits per heavy atom. The molecule has 6 heteroatoms. The molecule has 136 valence electrons. The number of carbonyl (C=O) groups excluding carboxylic acids is 2. The van der Waals surface area contributed by atoms with Crippen molar-refractivity contribution >= 4 is 17.6 Å². The number of amides is 1. The molecule has 0 saturated heterocycles. The van der Waals surface area contributed by atoms with Gasteiger partial charge in [0.2, 0.25) is 0 Å². The van der Waals surface area contributed by atoms with Crippen molar-refractivity contribution in [1.29, 1.82) is 0 Å². The van der Waals surface area contributed by atoms with Gasteiger partial charge in [-0.1, -0.05) is 18.2 Å². The van der Waals surface area contributed by atoms with Gasteiger partial charge in [0.25, 0.3) is 5.91 Å². The summed E-state index contributed by atoms with van der Waals surface area (Å²) in [6.45, 7) is 1.66. The third-order valence-electron chi connectivity index (χ3n) is 4.39. The third-order valence-corrected chi connectivity index (χ3v) is 4.39. The van der Waals surface area contributed by atoms with Gasteiger partial charge in [-0.15, -0.1) is 0 Å². The van der Waals surface area contributed by atoms with E-state index in [0.29, 0.717) is 11.5 Å². The van der Waals surface area contributed by atoms with Crippen molar-refractivity contribution in [2.45, 2.75) is 19.4 Å². The van der Waals surface area contributed by atoms with Crippen molar-refractivity contribution < 1.29 is 23.8 Å². The molecule has 26 heavy (non-hydrogen) atoms. The molecule has 2 aromatic carbocycles. The number of para-hydroxylation sites is 1. The van der Waals surface area contributed by atoms with Gasteiger partial charge in [-0.2, -0.15) is 0 Å². The SMILES string of the molecule is COc1cc(OC)cc(C(=O)OCC(=O)N2c3ccccc3CC2C)c1. The molecule has 0 bridgehead atoms. The lowest BCUT2D eigenvalue weighted by molar-refractivity contribution is -0.122. The smallest absolute Gasteiger partial charge is 0.338 e. The van der Waals surface area contributed by atoms with Crippen LogP contribution in [0.15, 0.2) is 42.5 Å². The molecule has 0 saturated carbocycles. The molecule has 0 spiro atoms. The van der Waals surface area contributed by atoms with Crippen molar-refractivity contribution in [2.24, 2.45) is 0 Å². The van der Waals surface area contributed by atoms with Crippen LogP contribution in [0.1, 0.15) is 22.8 Å². The quantitative estimate of drug-likeness (QED) is 0.772. The minimum absolute atomic E-state index is 0.0375. The molecule has 0 fully saturated rings. The fourth-order valence-corrected chi connectivity index (χ4v) is 3.15. The zero-order chi connectivity index (χ0) is 18.7. The Morgan fingerprint density at radius 3 is 2.38 bits per heavy atom. The molecule has 1 amide bonds. The number of anilines is 1. The number of nitrogens with zero attached hydrogens (tertiary/aromatic N) is 1. The number of carbonyl (C=O) groups is 2. The number of fused-ring (bicyclic) bond motifs is 1. The predicted molar refractivity (Wildman–Crippen MR) is 96.9 cm³/mol. The number of hydrogen-bond donors (Lipinski definition) is 0. The molecule has 0 radical (unpaired) electrons. The van der Waals surface area contributed by atoms with Crippen molar-refractivity contribution in [3.63, 3.8) is 0 Å². The summed E-state index contributed by atoms with van der Waals surface area (Å²) >= 11 is 0. The summed E-state index contributed by atoms with van der Waals surface area (Å²) in [6.07, 6.45) is 0.795. The van der Waals surface area contributed by atoms with Crippen molar-refractivity contribution in [2.75, 3.05) is 25.7 Å². The lowest BCUT2D eigenvalue weighted by atomic mass is 10.1. The predicted octanol–water partition coefficient (Wildman–Crippen LogP) is 2.84. The summed E-state index contributed by atoms with van der Waals surface area (Å²) in [4.78, 5) is 26.6. The first-order chi connectivity index (χ1) is 12.5. The first-order valence-corrected chi connectivity index (χ1v) is 8.33. The molecule has 1 aliphatic rings. The second-order valence-corrected chi connectivity index (χ2v) is 6.12. The molecule has 6 nitrogen and oxygen atoms in total. The van der Waals surface area contributed by atoms with Gasteiger partial charge in [0, 0.05) is 17.8 Å². The second-order valence-electron chi connectivity index (χ2n) is 6.12. The molecule has 1 aliphatic heterocycles. The Kier molecular flexibility index (Phi) is 5.11. The molecule has 0 aliphatic carbocycles. The van der Waals surface area contributed by atoms with Crippen LogP contribution in [-0.4, -0.2) is 38.7 Å². The van der Waals surface area contributed by atoms with Crippen molar-refractivity contribution in [1.82, 2.24) is 0 Å². The minimum Gasteiger partial charge on any atom is -0.497 e. The van der Waals surface area contributed by atoms with Crippen molar-refractivity contribution in [3.8, 4) is 11.5 Å². The average Bonchev–Trinajstić information content (AvgIpc) is 3.01. The number of esters is 1. The van der Waals surface area contributed by atoms with E-state index in [1.165, 1.54) is 14.2 Å². The van der Waals surface area contributed by atoms with Gasteiger partial charge < -0.3 is 19.1 Å². The fourth-order valence-electron chi connectivity index (χ4n) is 3.15. The summed E-state index contributed by atoms with van der Waals surface area (Å²) < 4.78 is 15.5. The summed E-state index contributed by atoms with van der Waals surface area (Å²) in [6, 6.07) is 12.5. The fraction of sp³-hybridized carbons (Fsp3) is 0.300. The molecular formula is C20H21NO5. The topological polar surface area (TPSA) is 65.1 Å². The van der Waals surface area contributed by atoms with E-state index >= 15 is 0 Å². The van der Waals surface area contributed by atoms with E-state index in [1.807, 2.05) is 31.2 Å². The molecule has 1 unspecified atom stereocenters. The zero-order valence-corrected chi connectivity index (χ0v) is 15.0. The Hall–Kier alpha value is -3.02. The maximum absolute atomic E-state index is 12.6. The van der Waals surface area contributed by atoms with Crippen LogP contribution in [0.2, 0.25) is 0 Å². The van der Waals surface area contributed by atoms with E-state index in [4.69, 9.17) is 14.2 Å². The summed E-state index contributed by atoms with van der Waals surface area (Å²) in [7, 11) is 3.00. The highest BCUT2D eigenvalue weighted by molar-refractivity contribution is 5.99. The zero-order valence-electron chi connectivity index (χ0n) is 15.0. The highest BCUT2D eigenvalue weighted by Crippen LogP contribution is 2.31. The molecule has 1 heterocycles. The summed E-state index contributed by atoms with van der Waals surface area (Å²) in [5.41, 5.74) is 2.27. The maximum atomic E-state index is 12.6. The normalized spacial score (nSPS) is 15.3. The van der Waals surface area contributed by atoms with E-state index in [-0.39, 0.29) is 24.1 Å². The molecule has 0 aromatic heterocycles. The molecule has 3 rings (SSSR count). The van der Waals surface area contributed by atoms with Crippen LogP contribution in [0.4, 0.5) is 5.69 Å². The van der Waals surface area contributed by atoms with Gasteiger partial charge in [0.1, 0.15) is 11.5 Å². The third kappa shape index (κ3) is 3.49. The van der Waals surface area contributed by atoms with E-state index in [2.05, 4.69) is 0 Å². The van der Waals surface area contributed by atoms with Crippen LogP contribution in [-0.2, 0) is 16.0 Å². The average molecular weight is 355 g/mol. The van der Waals surface area contributed by atoms with Crippen LogP contribution in [0, 0.1) is 0 Å². The van der Waals surface area contributed by atoms with Gasteiger partial charge in [0.05, 0.1) is 19.8 Å². The van der Waals surface area contributed by atoms with Gasteiger partial charge in [0.15, 0.2) is 6.61 Å². The lowest BCUT2D eigenvalue weighted by Crippen LogP contribution is -2.38. The van der Waals surface area contributed by atoms with E-state index < -0.39 is 5.97 Å². The van der Waals surface area contributed by atoms with Crippen LogP contribution in [0.3, 0.4) is 0 Å². The Balaban J connectivity index is 1.69. The first-order valence-electron chi connectivity index (χ1n) is 8.33. The standard InChI is InChI=1S/C20H21NO5/c1-13-8-14-6-4-5-7-18(14)21(13)19(22)12-26-20(23)15-9-16(24-2)11-17(10-15)25-3/h4-7,9-11,13H,8,12H2,1-3H3. The van der Waals surface area contributed by atoms with E-state index in [0.717, 1.165) is 17.7 Å². The lowest BCUT2D eigenvalue weighted by Gasteiger charge is -2.22.